The maximum absolute atomic E-state index is 12.7. The number of rotatable bonds is 5. The first-order valence-electron chi connectivity index (χ1n) is 8.92. The Balaban J connectivity index is 1.57. The summed E-state index contributed by atoms with van der Waals surface area (Å²) in [5.41, 5.74) is 0.642. The molecular formula is C18H27N5O2. The van der Waals surface area contributed by atoms with Crippen LogP contribution in [0.5, 0.6) is 0 Å². The second-order valence-electron chi connectivity index (χ2n) is 7.32. The molecule has 1 N–H and O–H groups in total. The van der Waals surface area contributed by atoms with Crippen LogP contribution in [-0.4, -0.2) is 48.3 Å². The Morgan fingerprint density at radius 1 is 1.36 bits per heavy atom. The Labute approximate surface area is 148 Å². The van der Waals surface area contributed by atoms with Gasteiger partial charge in [0.25, 0.3) is 5.91 Å². The summed E-state index contributed by atoms with van der Waals surface area (Å²) in [7, 11) is 1.89. The highest BCUT2D eigenvalue weighted by molar-refractivity contribution is 5.93. The van der Waals surface area contributed by atoms with E-state index in [0.717, 1.165) is 19.4 Å². The molecule has 0 aliphatic carbocycles. The topological polar surface area (TPSA) is 76.2 Å². The highest BCUT2D eigenvalue weighted by Crippen LogP contribution is 2.30. The number of carbonyl (C=O) groups is 1. The molecule has 1 amide bonds. The van der Waals surface area contributed by atoms with Gasteiger partial charge in [0.2, 0.25) is 0 Å². The number of aliphatic hydroxyl groups is 1. The van der Waals surface area contributed by atoms with Gasteiger partial charge in [0.1, 0.15) is 11.9 Å². The Hall–Kier alpha value is -2.15. The van der Waals surface area contributed by atoms with Crippen molar-refractivity contribution in [2.75, 3.05) is 13.1 Å². The van der Waals surface area contributed by atoms with Crippen LogP contribution < -0.4 is 0 Å². The standard InChI is InChI=1S/C18H27N5O2/c1-13(2)11-23-12-15(10-20-23)18(25)22-7-4-14(5-8-22)16(24)17-19-6-9-21(17)3/h6,9-10,12-14,16,24H,4-5,7-8,11H2,1-3H3/t16-/m0/s1. The van der Waals surface area contributed by atoms with Gasteiger partial charge in [0.15, 0.2) is 0 Å². The van der Waals surface area contributed by atoms with Crippen molar-refractivity contribution in [2.24, 2.45) is 18.9 Å². The van der Waals surface area contributed by atoms with E-state index in [-0.39, 0.29) is 11.8 Å². The Morgan fingerprint density at radius 3 is 2.68 bits per heavy atom. The first kappa shape index (κ1) is 17.7. The Kier molecular flexibility index (Phi) is 5.22. The number of aromatic nitrogens is 4. The molecule has 0 aromatic carbocycles. The minimum Gasteiger partial charge on any atom is -0.385 e. The zero-order valence-corrected chi connectivity index (χ0v) is 15.2. The number of carbonyl (C=O) groups excluding carboxylic acids is 1. The van der Waals surface area contributed by atoms with Crippen molar-refractivity contribution in [3.05, 3.63) is 36.2 Å². The van der Waals surface area contributed by atoms with Crippen LogP contribution in [0.25, 0.3) is 0 Å². The van der Waals surface area contributed by atoms with Gasteiger partial charge >= 0.3 is 0 Å². The monoisotopic (exact) mass is 345 g/mol. The summed E-state index contributed by atoms with van der Waals surface area (Å²) in [6.45, 7) is 6.37. The summed E-state index contributed by atoms with van der Waals surface area (Å²) in [6, 6.07) is 0. The first-order chi connectivity index (χ1) is 12.0. The van der Waals surface area contributed by atoms with E-state index in [9.17, 15) is 9.90 Å². The molecule has 1 fully saturated rings. The van der Waals surface area contributed by atoms with Crippen LogP contribution in [0, 0.1) is 11.8 Å². The maximum Gasteiger partial charge on any atom is 0.257 e. The molecule has 0 saturated carbocycles. The maximum atomic E-state index is 12.7. The van der Waals surface area contributed by atoms with Crippen LogP contribution in [-0.2, 0) is 13.6 Å². The van der Waals surface area contributed by atoms with E-state index in [1.807, 2.05) is 33.6 Å². The third kappa shape index (κ3) is 3.92. The highest BCUT2D eigenvalue weighted by Gasteiger charge is 2.30. The summed E-state index contributed by atoms with van der Waals surface area (Å²) in [4.78, 5) is 18.8. The number of likely N-dealkylation sites (tertiary alicyclic amines) is 1. The van der Waals surface area contributed by atoms with Gasteiger partial charge in [0.05, 0.1) is 11.8 Å². The first-order valence-corrected chi connectivity index (χ1v) is 8.92. The Morgan fingerprint density at radius 2 is 2.08 bits per heavy atom. The molecule has 7 heteroatoms. The van der Waals surface area contributed by atoms with Crippen molar-refractivity contribution in [3.63, 3.8) is 0 Å². The molecule has 0 spiro atoms. The van der Waals surface area contributed by atoms with Gasteiger partial charge < -0.3 is 14.6 Å². The molecule has 2 aromatic heterocycles. The molecule has 0 unspecified atom stereocenters. The second-order valence-corrected chi connectivity index (χ2v) is 7.32. The molecular weight excluding hydrogens is 318 g/mol. The average molecular weight is 345 g/mol. The summed E-state index contributed by atoms with van der Waals surface area (Å²) < 4.78 is 3.68. The lowest BCUT2D eigenvalue weighted by molar-refractivity contribution is 0.0420. The van der Waals surface area contributed by atoms with Crippen molar-refractivity contribution in [1.29, 1.82) is 0 Å². The lowest BCUT2D eigenvalue weighted by atomic mass is 9.90. The molecule has 0 bridgehead atoms. The van der Waals surface area contributed by atoms with Crippen LogP contribution in [0.1, 0.15) is 49.0 Å². The fourth-order valence-corrected chi connectivity index (χ4v) is 3.42. The van der Waals surface area contributed by atoms with Gasteiger partial charge in [0, 0.05) is 45.3 Å². The lowest BCUT2D eigenvalue weighted by Gasteiger charge is -2.33. The number of hydrogen-bond donors (Lipinski definition) is 1. The van der Waals surface area contributed by atoms with Crippen LogP contribution >= 0.6 is 0 Å². The fraction of sp³-hybridized carbons (Fsp3) is 0.611. The van der Waals surface area contributed by atoms with Gasteiger partial charge in [-0.25, -0.2) is 4.98 Å². The van der Waals surface area contributed by atoms with E-state index in [4.69, 9.17) is 0 Å². The van der Waals surface area contributed by atoms with Crippen LogP contribution in [0.3, 0.4) is 0 Å². The van der Waals surface area contributed by atoms with E-state index in [1.54, 1.807) is 12.4 Å². The van der Waals surface area contributed by atoms with E-state index in [1.165, 1.54) is 0 Å². The van der Waals surface area contributed by atoms with E-state index in [0.29, 0.717) is 30.4 Å². The number of imidazole rings is 1. The number of nitrogens with zero attached hydrogens (tertiary/aromatic N) is 5. The number of aliphatic hydroxyl groups excluding tert-OH is 1. The zero-order valence-electron chi connectivity index (χ0n) is 15.2. The van der Waals surface area contributed by atoms with Gasteiger partial charge in [-0.2, -0.15) is 5.10 Å². The summed E-state index contributed by atoms with van der Waals surface area (Å²) >= 11 is 0. The lowest BCUT2D eigenvalue weighted by Crippen LogP contribution is -2.40. The summed E-state index contributed by atoms with van der Waals surface area (Å²) in [6.07, 6.45) is 8.00. The SMILES string of the molecule is CC(C)Cn1cc(C(=O)N2CCC([C@H](O)c3nccn3C)CC2)cn1. The van der Waals surface area contributed by atoms with Gasteiger partial charge in [-0.15, -0.1) is 0 Å². The molecule has 3 heterocycles. The molecule has 25 heavy (non-hydrogen) atoms. The summed E-state index contributed by atoms with van der Waals surface area (Å²) in [5.74, 6) is 1.35. The molecule has 1 saturated heterocycles. The molecule has 0 radical (unpaired) electrons. The predicted octanol–water partition coefficient (Wildman–Crippen LogP) is 1.86. The molecule has 1 atom stereocenters. The molecule has 136 valence electrons. The largest absolute Gasteiger partial charge is 0.385 e. The number of piperidine rings is 1. The smallest absolute Gasteiger partial charge is 0.257 e. The van der Waals surface area contributed by atoms with E-state index >= 15 is 0 Å². The van der Waals surface area contributed by atoms with E-state index < -0.39 is 6.10 Å². The minimum atomic E-state index is -0.578. The average Bonchev–Trinajstić information content (AvgIpc) is 3.22. The quantitative estimate of drug-likeness (QED) is 0.897. The van der Waals surface area contributed by atoms with Crippen molar-refractivity contribution in [3.8, 4) is 0 Å². The number of amides is 1. The van der Waals surface area contributed by atoms with Crippen LogP contribution in [0.4, 0.5) is 0 Å². The van der Waals surface area contributed by atoms with Crippen molar-refractivity contribution in [1.82, 2.24) is 24.2 Å². The minimum absolute atomic E-state index is 0.0277. The number of aryl methyl sites for hydroxylation is 1. The molecule has 1 aliphatic rings. The van der Waals surface area contributed by atoms with Crippen LogP contribution in [0.15, 0.2) is 24.8 Å². The fourth-order valence-electron chi connectivity index (χ4n) is 3.42. The number of hydrogen-bond acceptors (Lipinski definition) is 4. The molecule has 7 nitrogen and oxygen atoms in total. The van der Waals surface area contributed by atoms with E-state index in [2.05, 4.69) is 23.9 Å². The van der Waals surface area contributed by atoms with Crippen LogP contribution in [0.2, 0.25) is 0 Å². The molecule has 2 aromatic rings. The zero-order chi connectivity index (χ0) is 18.0. The third-order valence-electron chi connectivity index (χ3n) is 4.83. The Bertz CT molecular complexity index is 713. The van der Waals surface area contributed by atoms with Gasteiger partial charge in [-0.05, 0) is 24.7 Å². The van der Waals surface area contributed by atoms with Crippen molar-refractivity contribution >= 4 is 5.91 Å². The second kappa shape index (κ2) is 7.39. The van der Waals surface area contributed by atoms with Crippen molar-refractivity contribution in [2.45, 2.75) is 39.3 Å². The molecule has 1 aliphatic heterocycles. The highest BCUT2D eigenvalue weighted by atomic mass is 16.3. The summed E-state index contributed by atoms with van der Waals surface area (Å²) in [5, 5.41) is 14.8. The van der Waals surface area contributed by atoms with Gasteiger partial charge in [-0.3, -0.25) is 9.48 Å². The van der Waals surface area contributed by atoms with Crippen molar-refractivity contribution < 1.29 is 9.90 Å². The molecule has 3 rings (SSSR count). The normalized spacial score (nSPS) is 17.2. The predicted molar refractivity (Wildman–Crippen MR) is 93.9 cm³/mol. The van der Waals surface area contributed by atoms with Gasteiger partial charge in [-0.1, -0.05) is 13.8 Å². The third-order valence-corrected chi connectivity index (χ3v) is 4.83.